The maximum Gasteiger partial charge on any atom is 0.353 e. The molecule has 0 aromatic carbocycles. The Morgan fingerprint density at radius 2 is 1.36 bits per heavy atom. The molecule has 0 aromatic rings. The van der Waals surface area contributed by atoms with Crippen LogP contribution in [0, 0.1) is 0 Å². The summed E-state index contributed by atoms with van der Waals surface area (Å²) < 4.78 is 28.6. The highest BCUT2D eigenvalue weighted by Gasteiger charge is 2.63. The minimum atomic E-state index is -2.13. The van der Waals surface area contributed by atoms with Crippen molar-refractivity contribution in [2.75, 3.05) is 13.7 Å². The molecule has 28 heavy (non-hydrogen) atoms. The Morgan fingerprint density at radius 1 is 0.857 bits per heavy atom. The predicted molar refractivity (Wildman–Crippen MR) is 91.8 cm³/mol. The molecule has 0 amide bonds. The summed E-state index contributed by atoms with van der Waals surface area (Å²) in [5.74, 6) is -4.12. The second kappa shape index (κ2) is 9.82. The molecule has 5 atom stereocenters. The van der Waals surface area contributed by atoms with Crippen molar-refractivity contribution in [1.29, 1.82) is 0 Å². The second-order valence-corrected chi connectivity index (χ2v) is 6.95. The first-order valence-corrected chi connectivity index (χ1v) is 8.81. The van der Waals surface area contributed by atoms with Crippen LogP contribution in [0.2, 0.25) is 0 Å². The summed E-state index contributed by atoms with van der Waals surface area (Å²) in [7, 11) is 1.06. The number of carbonyl (C=O) groups excluding carboxylic acids is 5. The summed E-state index contributed by atoms with van der Waals surface area (Å²) >= 11 is 3.04. The number of methoxy groups -OCH3 is 1. The van der Waals surface area contributed by atoms with Crippen LogP contribution in [-0.4, -0.2) is 72.5 Å². The van der Waals surface area contributed by atoms with Crippen LogP contribution < -0.4 is 0 Å². The van der Waals surface area contributed by atoms with Crippen molar-refractivity contribution in [2.45, 2.75) is 56.6 Å². The van der Waals surface area contributed by atoms with Crippen molar-refractivity contribution >= 4 is 45.8 Å². The standard InChI is InChI=1S/C16H21BrO11/c1-7(18)24-6-11-12(25-8(2)19)13(26-9(3)20)14(27-10(4)21)16(17,28-11)15(22)23-5/h11-14H,6H2,1-5H3/t11-,12+,13+,14-,16-/m1/s1. The van der Waals surface area contributed by atoms with Gasteiger partial charge in [-0.15, -0.1) is 0 Å². The molecule has 0 aliphatic carbocycles. The van der Waals surface area contributed by atoms with E-state index in [0.717, 1.165) is 34.8 Å². The third-order valence-electron chi connectivity index (χ3n) is 3.49. The first-order valence-electron chi connectivity index (χ1n) is 8.02. The van der Waals surface area contributed by atoms with Crippen LogP contribution in [0.4, 0.5) is 0 Å². The average molecular weight is 469 g/mol. The summed E-state index contributed by atoms with van der Waals surface area (Å²) in [5, 5.41) is 0. The van der Waals surface area contributed by atoms with Crippen LogP contribution in [0.3, 0.4) is 0 Å². The largest absolute Gasteiger partial charge is 0.466 e. The SMILES string of the molecule is COC(=O)[C@]1(Br)O[C@H](COC(C)=O)[C@H](OC(C)=O)[C@H](OC(C)=O)[C@H]1OC(C)=O. The lowest BCUT2D eigenvalue weighted by Crippen LogP contribution is -2.68. The molecular formula is C16H21BrO11. The van der Waals surface area contributed by atoms with E-state index in [0.29, 0.717) is 0 Å². The molecule has 1 rings (SSSR count). The Kier molecular flexibility index (Phi) is 8.36. The summed E-state index contributed by atoms with van der Waals surface area (Å²) in [6, 6.07) is 0. The van der Waals surface area contributed by atoms with Gasteiger partial charge in [-0.25, -0.2) is 4.79 Å². The van der Waals surface area contributed by atoms with Gasteiger partial charge in [-0.1, -0.05) is 0 Å². The van der Waals surface area contributed by atoms with Gasteiger partial charge in [0.2, 0.25) is 0 Å². The van der Waals surface area contributed by atoms with Crippen LogP contribution in [0.15, 0.2) is 0 Å². The van der Waals surface area contributed by atoms with Crippen LogP contribution in [0.5, 0.6) is 0 Å². The molecular weight excluding hydrogens is 448 g/mol. The third kappa shape index (κ3) is 5.89. The van der Waals surface area contributed by atoms with E-state index in [9.17, 15) is 24.0 Å². The molecule has 0 aromatic heterocycles. The molecule has 12 heteroatoms. The van der Waals surface area contributed by atoms with Crippen molar-refractivity contribution in [3.8, 4) is 0 Å². The van der Waals surface area contributed by atoms with E-state index in [1.807, 2.05) is 0 Å². The second-order valence-electron chi connectivity index (χ2n) is 5.77. The van der Waals surface area contributed by atoms with Gasteiger partial charge in [0.1, 0.15) is 12.7 Å². The van der Waals surface area contributed by atoms with Crippen LogP contribution in [0.1, 0.15) is 27.7 Å². The van der Waals surface area contributed by atoms with E-state index < -0.39 is 65.4 Å². The minimum Gasteiger partial charge on any atom is -0.466 e. The molecule has 0 saturated carbocycles. The van der Waals surface area contributed by atoms with E-state index in [1.54, 1.807) is 0 Å². The van der Waals surface area contributed by atoms with Gasteiger partial charge >= 0.3 is 29.8 Å². The molecule has 0 radical (unpaired) electrons. The van der Waals surface area contributed by atoms with Crippen LogP contribution in [0.25, 0.3) is 0 Å². The number of hydrogen-bond acceptors (Lipinski definition) is 11. The van der Waals surface area contributed by atoms with Crippen molar-refractivity contribution < 1.29 is 52.4 Å². The zero-order chi connectivity index (χ0) is 21.6. The van der Waals surface area contributed by atoms with E-state index in [4.69, 9.17) is 23.7 Å². The summed E-state index contributed by atoms with van der Waals surface area (Å²) in [6.07, 6.45) is -5.68. The molecule has 1 fully saturated rings. The van der Waals surface area contributed by atoms with Gasteiger partial charge in [0.05, 0.1) is 7.11 Å². The number of ether oxygens (including phenoxy) is 6. The molecule has 0 bridgehead atoms. The molecule has 158 valence electrons. The number of rotatable bonds is 6. The van der Waals surface area contributed by atoms with Gasteiger partial charge in [-0.3, -0.25) is 19.2 Å². The van der Waals surface area contributed by atoms with E-state index in [-0.39, 0.29) is 0 Å². The molecule has 11 nitrogen and oxygen atoms in total. The highest BCUT2D eigenvalue weighted by molar-refractivity contribution is 9.10. The Morgan fingerprint density at radius 3 is 1.79 bits per heavy atom. The number of alkyl halides is 1. The lowest BCUT2D eigenvalue weighted by atomic mass is 9.94. The van der Waals surface area contributed by atoms with Crippen molar-refractivity contribution in [2.24, 2.45) is 0 Å². The summed E-state index contributed by atoms with van der Waals surface area (Å²) in [6.45, 7) is 3.89. The van der Waals surface area contributed by atoms with Gasteiger partial charge in [-0.05, 0) is 15.9 Å². The van der Waals surface area contributed by atoms with E-state index >= 15 is 0 Å². The fourth-order valence-electron chi connectivity index (χ4n) is 2.56. The molecule has 0 unspecified atom stereocenters. The van der Waals surface area contributed by atoms with Crippen molar-refractivity contribution in [3.63, 3.8) is 0 Å². The number of carbonyl (C=O) groups is 5. The third-order valence-corrected chi connectivity index (χ3v) is 4.45. The molecule has 1 aliphatic heterocycles. The Labute approximate surface area is 169 Å². The monoisotopic (exact) mass is 468 g/mol. The topological polar surface area (TPSA) is 141 Å². The molecule has 1 saturated heterocycles. The molecule has 1 heterocycles. The lowest BCUT2D eigenvalue weighted by molar-refractivity contribution is -0.260. The van der Waals surface area contributed by atoms with Gasteiger partial charge in [0.25, 0.3) is 4.51 Å². The minimum absolute atomic E-state index is 0.456. The smallest absolute Gasteiger partial charge is 0.353 e. The van der Waals surface area contributed by atoms with E-state index in [2.05, 4.69) is 20.7 Å². The first kappa shape index (κ1) is 23.8. The Balaban J connectivity index is 3.48. The number of hydrogen-bond donors (Lipinski definition) is 0. The zero-order valence-corrected chi connectivity index (χ0v) is 17.5. The quantitative estimate of drug-likeness (QED) is 0.295. The summed E-state index contributed by atoms with van der Waals surface area (Å²) in [5.41, 5.74) is 0. The molecule has 0 spiro atoms. The van der Waals surface area contributed by atoms with Crippen molar-refractivity contribution in [1.82, 2.24) is 0 Å². The highest BCUT2D eigenvalue weighted by Crippen LogP contribution is 2.40. The van der Waals surface area contributed by atoms with Gasteiger partial charge in [0.15, 0.2) is 18.3 Å². The first-order chi connectivity index (χ1) is 12.9. The maximum absolute atomic E-state index is 12.4. The molecule has 1 aliphatic rings. The fraction of sp³-hybridized carbons (Fsp3) is 0.688. The number of esters is 5. The predicted octanol–water partition coefficient (Wildman–Crippen LogP) is 0.00760. The Hall–Kier alpha value is -2.21. The maximum atomic E-state index is 12.4. The normalized spacial score (nSPS) is 29.2. The van der Waals surface area contributed by atoms with Gasteiger partial charge in [0, 0.05) is 27.7 Å². The summed E-state index contributed by atoms with van der Waals surface area (Å²) in [4.78, 5) is 58.4. The Bertz CT molecular complexity index is 649. The zero-order valence-electron chi connectivity index (χ0n) is 15.9. The average Bonchev–Trinajstić information content (AvgIpc) is 2.57. The highest BCUT2D eigenvalue weighted by atomic mass is 79.9. The number of halogens is 1. The molecule has 0 N–H and O–H groups in total. The van der Waals surface area contributed by atoms with Crippen molar-refractivity contribution in [3.05, 3.63) is 0 Å². The lowest BCUT2D eigenvalue weighted by Gasteiger charge is -2.47. The fourth-order valence-corrected chi connectivity index (χ4v) is 3.31. The van der Waals surface area contributed by atoms with Gasteiger partial charge < -0.3 is 28.4 Å². The van der Waals surface area contributed by atoms with E-state index in [1.165, 1.54) is 0 Å². The van der Waals surface area contributed by atoms with Crippen LogP contribution in [-0.2, 0) is 52.4 Å². The van der Waals surface area contributed by atoms with Gasteiger partial charge in [-0.2, -0.15) is 0 Å². The van der Waals surface area contributed by atoms with Crippen LogP contribution >= 0.6 is 15.9 Å².